The molecule has 0 fully saturated rings. The smallest absolute Gasteiger partial charge is 0.0462 e. The van der Waals surface area contributed by atoms with Crippen molar-refractivity contribution >= 4 is 40.2 Å². The maximum Gasteiger partial charge on any atom is 0.0462 e. The van der Waals surface area contributed by atoms with Crippen LogP contribution in [0.3, 0.4) is 0 Å². The minimum Gasteiger partial charge on any atom is -0.311 e. The first-order valence-electron chi connectivity index (χ1n) is 9.78. The fourth-order valence-corrected chi connectivity index (χ4v) is 5.36. The summed E-state index contributed by atoms with van der Waals surface area (Å²) in [5.41, 5.74) is 6.17. The number of thiophene rings is 1. The Hall–Kier alpha value is -2.75. The van der Waals surface area contributed by atoms with Gasteiger partial charge in [0.1, 0.15) is 0 Å². The van der Waals surface area contributed by atoms with E-state index < -0.39 is 0 Å². The van der Waals surface area contributed by atoms with Gasteiger partial charge in [0.25, 0.3) is 0 Å². The van der Waals surface area contributed by atoms with Gasteiger partial charge in [0.05, 0.1) is 0 Å². The number of thioether (sulfide) groups is 1. The maximum atomic E-state index is 2.32. The Labute approximate surface area is 180 Å². The van der Waals surface area contributed by atoms with Crippen LogP contribution in [0, 0.1) is 0 Å². The molecule has 1 nitrogen and oxygen atoms in total. The molecule has 29 heavy (non-hydrogen) atoms. The van der Waals surface area contributed by atoms with Gasteiger partial charge >= 0.3 is 0 Å². The zero-order chi connectivity index (χ0) is 19.5. The van der Waals surface area contributed by atoms with E-state index in [1.807, 2.05) is 11.8 Å². The van der Waals surface area contributed by atoms with Crippen molar-refractivity contribution in [2.75, 3.05) is 4.90 Å². The summed E-state index contributed by atoms with van der Waals surface area (Å²) in [4.78, 5) is 3.62. The lowest BCUT2D eigenvalue weighted by molar-refractivity contribution is 0.990. The topological polar surface area (TPSA) is 3.24 Å². The van der Waals surface area contributed by atoms with Crippen molar-refractivity contribution in [2.24, 2.45) is 0 Å². The second kappa shape index (κ2) is 8.32. The van der Waals surface area contributed by atoms with Crippen molar-refractivity contribution in [1.82, 2.24) is 0 Å². The van der Waals surface area contributed by atoms with Crippen molar-refractivity contribution in [2.45, 2.75) is 11.7 Å². The predicted octanol–water partition coefficient (Wildman–Crippen LogP) is 8.58. The van der Waals surface area contributed by atoms with Gasteiger partial charge in [0.15, 0.2) is 0 Å². The predicted molar refractivity (Wildman–Crippen MR) is 129 cm³/mol. The number of hydrogen-bond donors (Lipinski definition) is 0. The number of hydrogen-bond acceptors (Lipinski definition) is 3. The minimum absolute atomic E-state index is 0.555. The minimum atomic E-state index is 0.555. The Bertz CT molecular complexity index is 1070. The van der Waals surface area contributed by atoms with E-state index in [-0.39, 0.29) is 0 Å². The van der Waals surface area contributed by atoms with Crippen molar-refractivity contribution in [3.63, 3.8) is 0 Å². The molecule has 0 amide bonds. The quantitative estimate of drug-likeness (QED) is 0.323. The molecular formula is C26H21NS2. The standard InChI is InChI=1S/C26H21NS2/c1-2-6-22(7-3-1)27(23-14-10-20(11-15-23)25-8-4-18-28-25)24-16-12-21(13-17-24)26-9-5-19-29-26/h1-8,10-19,26H,9H2. The van der Waals surface area contributed by atoms with E-state index >= 15 is 0 Å². The van der Waals surface area contributed by atoms with E-state index in [2.05, 4.69) is 113 Å². The summed E-state index contributed by atoms with van der Waals surface area (Å²) in [6, 6.07) is 32.7. The van der Waals surface area contributed by atoms with Crippen LogP contribution in [0.4, 0.5) is 17.1 Å². The van der Waals surface area contributed by atoms with Gasteiger partial charge in [0.2, 0.25) is 0 Å². The van der Waals surface area contributed by atoms with E-state index in [4.69, 9.17) is 0 Å². The van der Waals surface area contributed by atoms with Crippen molar-refractivity contribution in [1.29, 1.82) is 0 Å². The van der Waals surface area contributed by atoms with Crippen molar-refractivity contribution in [3.8, 4) is 10.4 Å². The molecule has 0 saturated heterocycles. The molecule has 1 atom stereocenters. The highest BCUT2D eigenvalue weighted by Gasteiger charge is 2.16. The van der Waals surface area contributed by atoms with E-state index in [9.17, 15) is 0 Å². The van der Waals surface area contributed by atoms with Gasteiger partial charge in [-0.15, -0.1) is 23.1 Å². The van der Waals surface area contributed by atoms with Crippen LogP contribution in [-0.4, -0.2) is 0 Å². The Kier molecular flexibility index (Phi) is 5.25. The molecule has 3 aromatic carbocycles. The summed E-state index contributed by atoms with van der Waals surface area (Å²) in [7, 11) is 0. The second-order valence-electron chi connectivity index (χ2n) is 7.02. The zero-order valence-corrected chi connectivity index (χ0v) is 17.6. The fourth-order valence-electron chi connectivity index (χ4n) is 3.68. The average molecular weight is 412 g/mol. The summed E-state index contributed by atoms with van der Waals surface area (Å²) in [5.74, 6) is 0. The lowest BCUT2D eigenvalue weighted by Gasteiger charge is -2.26. The molecule has 1 aliphatic rings. The van der Waals surface area contributed by atoms with Crippen LogP contribution < -0.4 is 4.90 Å². The van der Waals surface area contributed by atoms with Crippen LogP contribution in [0.1, 0.15) is 17.2 Å². The molecule has 0 N–H and O–H groups in total. The van der Waals surface area contributed by atoms with E-state index in [1.54, 1.807) is 11.3 Å². The molecule has 3 heteroatoms. The third kappa shape index (κ3) is 3.89. The molecule has 5 rings (SSSR count). The molecule has 142 valence electrons. The number of benzene rings is 3. The van der Waals surface area contributed by atoms with Crippen LogP contribution in [0.25, 0.3) is 10.4 Å². The highest BCUT2D eigenvalue weighted by molar-refractivity contribution is 8.02. The van der Waals surface area contributed by atoms with Gasteiger partial charge in [-0.3, -0.25) is 0 Å². The summed E-state index contributed by atoms with van der Waals surface area (Å²) in [6.45, 7) is 0. The molecule has 1 unspecified atom stereocenters. The summed E-state index contributed by atoms with van der Waals surface area (Å²) in [5, 5.41) is 4.89. The summed E-state index contributed by atoms with van der Waals surface area (Å²) < 4.78 is 0. The molecule has 0 spiro atoms. The number of anilines is 3. The van der Waals surface area contributed by atoms with Crippen LogP contribution >= 0.6 is 23.1 Å². The molecule has 1 aromatic heterocycles. The van der Waals surface area contributed by atoms with E-state index in [0.29, 0.717) is 5.25 Å². The van der Waals surface area contributed by atoms with Gasteiger partial charge < -0.3 is 4.90 Å². The monoisotopic (exact) mass is 411 g/mol. The third-order valence-electron chi connectivity index (χ3n) is 5.16. The second-order valence-corrected chi connectivity index (χ2v) is 9.08. The molecule has 4 aromatic rings. The van der Waals surface area contributed by atoms with Gasteiger partial charge in [-0.25, -0.2) is 0 Å². The first kappa shape index (κ1) is 18.3. The SMILES string of the molecule is C1=CSC(c2ccc(N(c3ccccc3)c3ccc(-c4cccs4)cc3)cc2)C1. The van der Waals surface area contributed by atoms with Gasteiger partial charge in [0, 0.05) is 27.2 Å². The molecule has 0 bridgehead atoms. The Morgan fingerprint density at radius 1 is 0.690 bits per heavy atom. The summed E-state index contributed by atoms with van der Waals surface area (Å²) in [6.07, 6.45) is 3.38. The van der Waals surface area contributed by atoms with Crippen molar-refractivity contribution < 1.29 is 0 Å². The first-order chi connectivity index (χ1) is 14.4. The van der Waals surface area contributed by atoms with E-state index in [1.165, 1.54) is 33.1 Å². The third-order valence-corrected chi connectivity index (χ3v) is 7.22. The Morgan fingerprint density at radius 3 is 2.00 bits per heavy atom. The zero-order valence-electron chi connectivity index (χ0n) is 15.9. The largest absolute Gasteiger partial charge is 0.311 e. The van der Waals surface area contributed by atoms with Crippen LogP contribution in [0.5, 0.6) is 0 Å². The highest BCUT2D eigenvalue weighted by Crippen LogP contribution is 2.40. The van der Waals surface area contributed by atoms with Crippen LogP contribution in [0.2, 0.25) is 0 Å². The molecular weight excluding hydrogens is 390 g/mol. The molecule has 0 aliphatic carbocycles. The van der Waals surface area contributed by atoms with Crippen LogP contribution in [0.15, 0.2) is 108 Å². The molecule has 2 heterocycles. The average Bonchev–Trinajstić information content (AvgIpc) is 3.51. The number of para-hydroxylation sites is 1. The molecule has 0 radical (unpaired) electrons. The first-order valence-corrected chi connectivity index (χ1v) is 11.6. The fraction of sp³-hybridized carbons (Fsp3) is 0.0769. The Balaban J connectivity index is 1.50. The van der Waals surface area contributed by atoms with Gasteiger partial charge in [-0.1, -0.05) is 54.6 Å². The Morgan fingerprint density at radius 2 is 1.38 bits per heavy atom. The van der Waals surface area contributed by atoms with Gasteiger partial charge in [-0.05, 0) is 70.8 Å². The summed E-state index contributed by atoms with van der Waals surface area (Å²) >= 11 is 3.69. The highest BCUT2D eigenvalue weighted by atomic mass is 32.2. The maximum absolute atomic E-state index is 2.32. The van der Waals surface area contributed by atoms with Crippen molar-refractivity contribution in [3.05, 3.63) is 113 Å². The number of allylic oxidation sites excluding steroid dienone is 1. The number of nitrogens with zero attached hydrogens (tertiary/aromatic N) is 1. The van der Waals surface area contributed by atoms with Gasteiger partial charge in [-0.2, -0.15) is 0 Å². The van der Waals surface area contributed by atoms with E-state index in [0.717, 1.165) is 6.42 Å². The molecule has 1 aliphatic heterocycles. The number of rotatable bonds is 5. The lowest BCUT2D eigenvalue weighted by atomic mass is 10.1. The lowest BCUT2D eigenvalue weighted by Crippen LogP contribution is -2.09. The molecule has 0 saturated carbocycles. The normalized spacial score (nSPS) is 15.5. The van der Waals surface area contributed by atoms with Crippen LogP contribution in [-0.2, 0) is 0 Å².